The van der Waals surface area contributed by atoms with Crippen LogP contribution >= 0.6 is 0 Å². The van der Waals surface area contributed by atoms with Gasteiger partial charge in [0.2, 0.25) is 9.84 Å². The van der Waals surface area contributed by atoms with Crippen LogP contribution in [0.15, 0.2) is 40.1 Å². The van der Waals surface area contributed by atoms with Crippen LogP contribution in [0.5, 0.6) is 0 Å². The highest BCUT2D eigenvalue weighted by Gasteiger charge is 2.21. The van der Waals surface area contributed by atoms with E-state index in [0.29, 0.717) is 0 Å². The number of nitrogens with two attached hydrogens (primary N) is 2. The van der Waals surface area contributed by atoms with Gasteiger partial charge in [-0.1, -0.05) is 6.07 Å². The lowest BCUT2D eigenvalue weighted by atomic mass is 10.1. The second-order valence-electron chi connectivity index (χ2n) is 4.37. The molecule has 0 saturated carbocycles. The third-order valence-electron chi connectivity index (χ3n) is 2.99. The topological polar surface area (TPSA) is 99.1 Å². The van der Waals surface area contributed by atoms with Gasteiger partial charge in [0.25, 0.3) is 0 Å². The molecule has 0 fully saturated rings. The summed E-state index contributed by atoms with van der Waals surface area (Å²) in [5.41, 5.74) is 13.0. The maximum absolute atomic E-state index is 12.5. The number of hydrogen-bond donors (Lipinski definition) is 2. The van der Waals surface area contributed by atoms with Gasteiger partial charge < -0.3 is 11.5 Å². The predicted molar refractivity (Wildman–Crippen MR) is 74.4 cm³/mol. The second kappa shape index (κ2) is 4.55. The van der Waals surface area contributed by atoms with Gasteiger partial charge in [0, 0.05) is 0 Å². The van der Waals surface area contributed by atoms with Crippen LogP contribution in [0, 0.1) is 13.8 Å². The highest BCUT2D eigenvalue weighted by atomic mass is 32.2. The van der Waals surface area contributed by atoms with Crippen LogP contribution in [0.25, 0.3) is 0 Å². The van der Waals surface area contributed by atoms with Crippen molar-refractivity contribution >= 4 is 21.5 Å². The Bertz CT molecular complexity index is 740. The molecule has 0 amide bonds. The zero-order valence-electron chi connectivity index (χ0n) is 10.7. The molecule has 5 nitrogen and oxygen atoms in total. The second-order valence-corrected chi connectivity index (χ2v) is 6.29. The molecule has 0 atom stereocenters. The van der Waals surface area contributed by atoms with E-state index < -0.39 is 9.84 Å². The van der Waals surface area contributed by atoms with Crippen molar-refractivity contribution in [3.63, 3.8) is 0 Å². The Hall–Kier alpha value is -2.08. The summed E-state index contributed by atoms with van der Waals surface area (Å²) >= 11 is 0. The van der Waals surface area contributed by atoms with E-state index in [4.69, 9.17) is 11.5 Å². The van der Waals surface area contributed by atoms with Gasteiger partial charge in [-0.25, -0.2) is 13.4 Å². The summed E-state index contributed by atoms with van der Waals surface area (Å²) < 4.78 is 24.9. The molecule has 6 heteroatoms. The predicted octanol–water partition coefficient (Wildman–Crippen LogP) is 1.70. The minimum absolute atomic E-state index is 0.0232. The highest BCUT2D eigenvalue weighted by molar-refractivity contribution is 7.91. The summed E-state index contributed by atoms with van der Waals surface area (Å²) in [6.45, 7) is 3.78. The molecular weight excluding hydrogens is 262 g/mol. The Kier molecular flexibility index (Phi) is 3.20. The first-order valence-electron chi connectivity index (χ1n) is 5.66. The molecule has 0 aliphatic heterocycles. The highest BCUT2D eigenvalue weighted by Crippen LogP contribution is 2.26. The number of sulfone groups is 1. The van der Waals surface area contributed by atoms with Gasteiger partial charge in [0.1, 0.15) is 16.5 Å². The third-order valence-corrected chi connectivity index (χ3v) is 4.78. The first kappa shape index (κ1) is 13.4. The molecule has 0 unspecified atom stereocenters. The summed E-state index contributed by atoms with van der Waals surface area (Å²) in [7, 11) is -3.67. The van der Waals surface area contributed by atoms with Crippen molar-refractivity contribution in [2.45, 2.75) is 23.6 Å². The zero-order valence-corrected chi connectivity index (χ0v) is 11.5. The number of nitrogen functional groups attached to an aromatic ring is 2. The smallest absolute Gasteiger partial charge is 0.210 e. The lowest BCUT2D eigenvalue weighted by Crippen LogP contribution is -2.08. The van der Waals surface area contributed by atoms with Gasteiger partial charge in [-0.3, -0.25) is 0 Å². The van der Waals surface area contributed by atoms with Crippen LogP contribution in [0.4, 0.5) is 11.6 Å². The number of benzene rings is 1. The fourth-order valence-corrected chi connectivity index (χ4v) is 3.11. The quantitative estimate of drug-likeness (QED) is 0.870. The molecule has 100 valence electrons. The number of pyridine rings is 1. The number of hydrogen-bond acceptors (Lipinski definition) is 5. The van der Waals surface area contributed by atoms with Crippen molar-refractivity contribution in [3.8, 4) is 0 Å². The van der Waals surface area contributed by atoms with Crippen LogP contribution in [0.2, 0.25) is 0 Å². The van der Waals surface area contributed by atoms with Crippen molar-refractivity contribution < 1.29 is 8.42 Å². The Morgan fingerprint density at radius 3 is 2.26 bits per heavy atom. The number of aromatic nitrogens is 1. The van der Waals surface area contributed by atoms with Crippen LogP contribution < -0.4 is 11.5 Å². The first-order valence-corrected chi connectivity index (χ1v) is 7.15. The van der Waals surface area contributed by atoms with Crippen LogP contribution in [-0.2, 0) is 9.84 Å². The van der Waals surface area contributed by atoms with Gasteiger partial charge >= 0.3 is 0 Å². The standard InChI is InChI=1S/C13H15N3O2S/c1-8-3-4-10(7-9(8)2)19(17,18)11-5-6-12(14)16-13(11)15/h3-7H,1-2H3,(H4,14,15,16). The Morgan fingerprint density at radius 2 is 1.68 bits per heavy atom. The fourth-order valence-electron chi connectivity index (χ4n) is 1.71. The lowest BCUT2D eigenvalue weighted by molar-refractivity contribution is 0.596. The molecule has 0 aliphatic rings. The van der Waals surface area contributed by atoms with E-state index in [1.54, 1.807) is 18.2 Å². The van der Waals surface area contributed by atoms with Crippen LogP contribution in [0.3, 0.4) is 0 Å². The Balaban J connectivity index is 2.62. The summed E-state index contributed by atoms with van der Waals surface area (Å²) in [5, 5.41) is 0. The van der Waals surface area contributed by atoms with Crippen molar-refractivity contribution in [2.75, 3.05) is 11.5 Å². The molecule has 0 spiro atoms. The Morgan fingerprint density at radius 1 is 1.00 bits per heavy atom. The van der Waals surface area contributed by atoms with Gasteiger partial charge in [0.15, 0.2) is 0 Å². The molecule has 1 aromatic heterocycles. The molecule has 0 saturated heterocycles. The number of aryl methyl sites for hydroxylation is 2. The van der Waals surface area contributed by atoms with Crippen molar-refractivity contribution in [1.29, 1.82) is 0 Å². The monoisotopic (exact) mass is 277 g/mol. The molecule has 4 N–H and O–H groups in total. The van der Waals surface area contributed by atoms with Crippen molar-refractivity contribution in [3.05, 3.63) is 41.5 Å². The Labute approximate surface area is 112 Å². The van der Waals surface area contributed by atoms with E-state index in [1.165, 1.54) is 12.1 Å². The van der Waals surface area contributed by atoms with Gasteiger partial charge in [-0.05, 0) is 49.2 Å². The average Bonchev–Trinajstić information content (AvgIpc) is 2.32. The van der Waals surface area contributed by atoms with Crippen LogP contribution in [-0.4, -0.2) is 13.4 Å². The van der Waals surface area contributed by atoms with E-state index in [1.807, 2.05) is 13.8 Å². The third kappa shape index (κ3) is 2.39. The summed E-state index contributed by atoms with van der Waals surface area (Å²) in [5.74, 6) is 0.106. The minimum atomic E-state index is -3.67. The number of anilines is 2. The molecular formula is C13H15N3O2S. The molecule has 0 aliphatic carbocycles. The molecule has 0 bridgehead atoms. The molecule has 1 heterocycles. The van der Waals surface area contributed by atoms with E-state index >= 15 is 0 Å². The van der Waals surface area contributed by atoms with E-state index in [0.717, 1.165) is 11.1 Å². The largest absolute Gasteiger partial charge is 0.384 e. The first-order chi connectivity index (χ1) is 8.82. The molecule has 2 rings (SSSR count). The SMILES string of the molecule is Cc1ccc(S(=O)(=O)c2ccc(N)nc2N)cc1C. The molecule has 0 radical (unpaired) electrons. The zero-order chi connectivity index (χ0) is 14.2. The van der Waals surface area contributed by atoms with Gasteiger partial charge in [0.05, 0.1) is 4.90 Å². The van der Waals surface area contributed by atoms with Gasteiger partial charge in [-0.15, -0.1) is 0 Å². The fraction of sp³-hybridized carbons (Fsp3) is 0.154. The number of nitrogens with zero attached hydrogens (tertiary/aromatic N) is 1. The molecule has 2 aromatic rings. The minimum Gasteiger partial charge on any atom is -0.384 e. The maximum Gasteiger partial charge on any atom is 0.210 e. The molecule has 19 heavy (non-hydrogen) atoms. The summed E-state index contributed by atoms with van der Waals surface area (Å²) in [6, 6.07) is 7.75. The van der Waals surface area contributed by atoms with Crippen LogP contribution in [0.1, 0.15) is 11.1 Å². The van der Waals surface area contributed by atoms with Crippen molar-refractivity contribution in [1.82, 2.24) is 4.98 Å². The van der Waals surface area contributed by atoms with Crippen molar-refractivity contribution in [2.24, 2.45) is 0 Å². The van der Waals surface area contributed by atoms with E-state index in [2.05, 4.69) is 4.98 Å². The van der Waals surface area contributed by atoms with E-state index in [9.17, 15) is 8.42 Å². The van der Waals surface area contributed by atoms with Gasteiger partial charge in [-0.2, -0.15) is 0 Å². The average molecular weight is 277 g/mol. The normalized spacial score (nSPS) is 11.5. The lowest BCUT2D eigenvalue weighted by Gasteiger charge is -2.09. The number of rotatable bonds is 2. The molecule has 1 aromatic carbocycles. The maximum atomic E-state index is 12.5. The van der Waals surface area contributed by atoms with E-state index in [-0.39, 0.29) is 21.4 Å². The summed E-state index contributed by atoms with van der Waals surface area (Å²) in [6.07, 6.45) is 0. The summed E-state index contributed by atoms with van der Waals surface area (Å²) in [4.78, 5) is 3.96.